The molecule has 1 unspecified atom stereocenters. The molecule has 0 bridgehead atoms. The molecule has 1 aromatic heterocycles. The lowest BCUT2D eigenvalue weighted by atomic mass is 9.98. The molecule has 0 spiro atoms. The smallest absolute Gasteiger partial charge is 0.0921 e. The lowest BCUT2D eigenvalue weighted by Gasteiger charge is -2.17. The molecule has 30 heavy (non-hydrogen) atoms. The second-order valence-electron chi connectivity index (χ2n) is 7.30. The molecule has 1 atom stereocenters. The molecule has 3 nitrogen and oxygen atoms in total. The van der Waals surface area contributed by atoms with Crippen LogP contribution in [0.4, 0.5) is 0 Å². The fraction of sp³-hybridized carbons (Fsp3) is 0.160. The van der Waals surface area contributed by atoms with Gasteiger partial charge in [0, 0.05) is 34.1 Å². The molecule has 0 amide bonds. The van der Waals surface area contributed by atoms with Crippen molar-refractivity contribution < 1.29 is 5.11 Å². The summed E-state index contributed by atoms with van der Waals surface area (Å²) in [5.41, 5.74) is 5.41. The highest BCUT2D eigenvalue weighted by Gasteiger charge is 2.17. The van der Waals surface area contributed by atoms with E-state index in [0.29, 0.717) is 23.1 Å². The van der Waals surface area contributed by atoms with Crippen molar-refractivity contribution >= 4 is 34.1 Å². The first kappa shape index (κ1) is 20.8. The van der Waals surface area contributed by atoms with Crippen LogP contribution < -0.4 is 5.32 Å². The Labute approximate surface area is 186 Å². The normalized spacial score (nSPS) is 12.3. The molecule has 0 aliphatic rings. The first-order valence-electron chi connectivity index (χ1n) is 9.81. The van der Waals surface area contributed by atoms with Crippen molar-refractivity contribution in [1.82, 2.24) is 10.3 Å². The zero-order valence-corrected chi connectivity index (χ0v) is 18.1. The zero-order valence-electron chi connectivity index (χ0n) is 16.6. The average Bonchev–Trinajstić information content (AvgIpc) is 2.77. The largest absolute Gasteiger partial charge is 0.387 e. The van der Waals surface area contributed by atoms with Crippen molar-refractivity contribution in [3.63, 3.8) is 0 Å². The number of hydrogen-bond donors (Lipinski definition) is 2. The summed E-state index contributed by atoms with van der Waals surface area (Å²) < 4.78 is 0. The molecule has 152 valence electrons. The van der Waals surface area contributed by atoms with Gasteiger partial charge in [-0.15, -0.1) is 0 Å². The van der Waals surface area contributed by atoms with Crippen molar-refractivity contribution in [1.29, 1.82) is 0 Å². The molecule has 1 heterocycles. The summed E-state index contributed by atoms with van der Waals surface area (Å²) in [5.74, 6) is 0. The van der Waals surface area contributed by atoms with E-state index in [0.717, 1.165) is 33.3 Å². The van der Waals surface area contributed by atoms with E-state index >= 15 is 0 Å². The predicted molar refractivity (Wildman–Crippen MR) is 125 cm³/mol. The van der Waals surface area contributed by atoms with Crippen molar-refractivity contribution in [3.05, 3.63) is 99.5 Å². The van der Waals surface area contributed by atoms with E-state index in [2.05, 4.69) is 17.4 Å². The number of fused-ring (bicyclic) bond motifs is 1. The molecule has 4 rings (SSSR count). The van der Waals surface area contributed by atoms with E-state index in [1.807, 2.05) is 67.6 Å². The highest BCUT2D eigenvalue weighted by atomic mass is 35.5. The van der Waals surface area contributed by atoms with Gasteiger partial charge >= 0.3 is 0 Å². The molecule has 0 saturated heterocycles. The van der Waals surface area contributed by atoms with Gasteiger partial charge < -0.3 is 10.4 Å². The Kier molecular flexibility index (Phi) is 6.35. The standard InChI is InChI=1S/C25H22Cl2N2O/c1-16-22(27)12-11-20-21(24(30)15-28-14-17-5-3-2-4-6-17)13-23(29-25(16)20)18-7-9-19(26)10-8-18/h2-13,24,28,30H,14-15H2,1H3. The van der Waals surface area contributed by atoms with Crippen LogP contribution in [0.25, 0.3) is 22.2 Å². The minimum atomic E-state index is -0.689. The van der Waals surface area contributed by atoms with Gasteiger partial charge in [0.1, 0.15) is 0 Å². The van der Waals surface area contributed by atoms with Crippen LogP contribution >= 0.6 is 23.2 Å². The van der Waals surface area contributed by atoms with Crippen LogP contribution in [-0.2, 0) is 6.54 Å². The molecule has 0 radical (unpaired) electrons. The lowest BCUT2D eigenvalue weighted by Crippen LogP contribution is -2.21. The number of aryl methyl sites for hydroxylation is 1. The number of rotatable bonds is 6. The summed E-state index contributed by atoms with van der Waals surface area (Å²) in [6, 6.07) is 23.4. The van der Waals surface area contributed by atoms with E-state index in [1.54, 1.807) is 0 Å². The summed E-state index contributed by atoms with van der Waals surface area (Å²) >= 11 is 12.4. The number of aromatic nitrogens is 1. The van der Waals surface area contributed by atoms with Gasteiger partial charge in [0.25, 0.3) is 0 Å². The summed E-state index contributed by atoms with van der Waals surface area (Å²) in [7, 11) is 0. The third kappa shape index (κ3) is 4.50. The van der Waals surface area contributed by atoms with Crippen LogP contribution in [-0.4, -0.2) is 16.6 Å². The third-order valence-corrected chi connectivity index (χ3v) is 5.87. The van der Waals surface area contributed by atoms with Crippen LogP contribution in [0.15, 0.2) is 72.8 Å². The Hall–Kier alpha value is -2.43. The lowest BCUT2D eigenvalue weighted by molar-refractivity contribution is 0.176. The molecule has 4 aromatic rings. The molecule has 0 fully saturated rings. The first-order chi connectivity index (χ1) is 14.5. The molecule has 0 aliphatic carbocycles. The van der Waals surface area contributed by atoms with Crippen LogP contribution in [0.1, 0.15) is 22.8 Å². The Morgan fingerprint density at radius 2 is 1.70 bits per heavy atom. The number of aliphatic hydroxyl groups is 1. The minimum Gasteiger partial charge on any atom is -0.387 e. The van der Waals surface area contributed by atoms with Crippen molar-refractivity contribution in [2.24, 2.45) is 0 Å². The number of aliphatic hydroxyl groups excluding tert-OH is 1. The zero-order chi connectivity index (χ0) is 21.1. The molecule has 0 aliphatic heterocycles. The summed E-state index contributed by atoms with van der Waals surface area (Å²) in [4.78, 5) is 4.85. The third-order valence-electron chi connectivity index (χ3n) is 5.21. The Balaban J connectivity index is 1.69. The van der Waals surface area contributed by atoms with E-state index in [-0.39, 0.29) is 0 Å². The Bertz CT molecular complexity index is 1160. The predicted octanol–water partition coefficient (Wildman–Crippen LogP) is 6.34. The van der Waals surface area contributed by atoms with E-state index in [4.69, 9.17) is 28.2 Å². The topological polar surface area (TPSA) is 45.1 Å². The van der Waals surface area contributed by atoms with Gasteiger partial charge in [-0.1, -0.05) is 71.7 Å². The molecule has 3 aromatic carbocycles. The van der Waals surface area contributed by atoms with Gasteiger partial charge in [-0.05, 0) is 47.9 Å². The van der Waals surface area contributed by atoms with Gasteiger partial charge in [0.15, 0.2) is 0 Å². The monoisotopic (exact) mass is 436 g/mol. The number of pyridine rings is 1. The van der Waals surface area contributed by atoms with Crippen LogP contribution in [0, 0.1) is 6.92 Å². The fourth-order valence-electron chi connectivity index (χ4n) is 3.53. The summed E-state index contributed by atoms with van der Waals surface area (Å²) in [6.07, 6.45) is -0.689. The maximum absolute atomic E-state index is 11.0. The molecular formula is C25H22Cl2N2O. The highest BCUT2D eigenvalue weighted by Crippen LogP contribution is 2.33. The van der Waals surface area contributed by atoms with Crippen LogP contribution in [0.2, 0.25) is 10.0 Å². The van der Waals surface area contributed by atoms with E-state index in [9.17, 15) is 5.11 Å². The average molecular weight is 437 g/mol. The number of nitrogens with zero attached hydrogens (tertiary/aromatic N) is 1. The fourth-order valence-corrected chi connectivity index (χ4v) is 3.81. The summed E-state index contributed by atoms with van der Waals surface area (Å²) in [5, 5.41) is 16.6. The SMILES string of the molecule is Cc1c(Cl)ccc2c(C(O)CNCc3ccccc3)cc(-c3ccc(Cl)cc3)nc12. The van der Waals surface area contributed by atoms with Crippen LogP contribution in [0.5, 0.6) is 0 Å². The second kappa shape index (κ2) is 9.15. The van der Waals surface area contributed by atoms with E-state index in [1.165, 1.54) is 5.56 Å². The van der Waals surface area contributed by atoms with Crippen LogP contribution in [0.3, 0.4) is 0 Å². The number of hydrogen-bond acceptors (Lipinski definition) is 3. The van der Waals surface area contributed by atoms with Gasteiger partial charge in [-0.2, -0.15) is 0 Å². The molecule has 2 N–H and O–H groups in total. The molecule has 0 saturated carbocycles. The highest BCUT2D eigenvalue weighted by molar-refractivity contribution is 6.32. The van der Waals surface area contributed by atoms with Gasteiger partial charge in [-0.3, -0.25) is 0 Å². The summed E-state index contributed by atoms with van der Waals surface area (Å²) in [6.45, 7) is 3.07. The number of benzene rings is 3. The first-order valence-corrected chi connectivity index (χ1v) is 10.6. The Morgan fingerprint density at radius 3 is 2.43 bits per heavy atom. The van der Waals surface area contributed by atoms with Gasteiger partial charge in [0.2, 0.25) is 0 Å². The van der Waals surface area contributed by atoms with E-state index < -0.39 is 6.10 Å². The second-order valence-corrected chi connectivity index (χ2v) is 8.15. The van der Waals surface area contributed by atoms with Crippen molar-refractivity contribution in [2.45, 2.75) is 19.6 Å². The molecule has 5 heteroatoms. The van der Waals surface area contributed by atoms with Gasteiger partial charge in [-0.25, -0.2) is 4.98 Å². The van der Waals surface area contributed by atoms with Gasteiger partial charge in [0.05, 0.1) is 17.3 Å². The maximum atomic E-state index is 11.0. The van der Waals surface area contributed by atoms with Crippen molar-refractivity contribution in [3.8, 4) is 11.3 Å². The number of nitrogens with one attached hydrogen (secondary N) is 1. The maximum Gasteiger partial charge on any atom is 0.0921 e. The van der Waals surface area contributed by atoms with Crippen molar-refractivity contribution in [2.75, 3.05) is 6.54 Å². The Morgan fingerprint density at radius 1 is 0.967 bits per heavy atom. The quantitative estimate of drug-likeness (QED) is 0.370. The minimum absolute atomic E-state index is 0.426. The molecular weight excluding hydrogens is 415 g/mol. The number of halogens is 2.